The average Bonchev–Trinajstić information content (AvgIpc) is 3.01. The van der Waals surface area contributed by atoms with Crippen LogP contribution in [0.4, 0.5) is 0 Å². The monoisotopic (exact) mass is 380 g/mol. The highest BCUT2D eigenvalue weighted by molar-refractivity contribution is 5.79. The zero-order chi connectivity index (χ0) is 19.5. The van der Waals surface area contributed by atoms with E-state index in [-0.39, 0.29) is 5.91 Å². The molecule has 0 aliphatic carbocycles. The van der Waals surface area contributed by atoms with Gasteiger partial charge in [0.1, 0.15) is 0 Å². The summed E-state index contributed by atoms with van der Waals surface area (Å²) in [5.74, 6) is 0.721. The maximum Gasteiger partial charge on any atom is 0.224 e. The number of fused-ring (bicyclic) bond motifs is 1. The third kappa shape index (κ3) is 4.00. The van der Waals surface area contributed by atoms with Gasteiger partial charge in [0, 0.05) is 23.8 Å². The minimum Gasteiger partial charge on any atom is -0.355 e. The number of nitrogens with one attached hydrogen (secondary N) is 1. The molecule has 2 fully saturated rings. The Morgan fingerprint density at radius 2 is 1.89 bits per heavy atom. The summed E-state index contributed by atoms with van der Waals surface area (Å²) in [6.45, 7) is 7.34. The van der Waals surface area contributed by atoms with Crippen molar-refractivity contribution in [1.29, 1.82) is 0 Å². The molecule has 5 heteroatoms. The van der Waals surface area contributed by atoms with E-state index in [4.69, 9.17) is 0 Å². The van der Waals surface area contributed by atoms with Gasteiger partial charge in [-0.25, -0.2) is 4.68 Å². The van der Waals surface area contributed by atoms with E-state index in [0.717, 1.165) is 29.2 Å². The van der Waals surface area contributed by atoms with Crippen molar-refractivity contribution in [1.82, 2.24) is 20.0 Å². The maximum atomic E-state index is 12.7. The van der Waals surface area contributed by atoms with Gasteiger partial charge in [-0.3, -0.25) is 4.79 Å². The number of hydrogen-bond acceptors (Lipinski definition) is 3. The zero-order valence-electron chi connectivity index (χ0n) is 17.2. The van der Waals surface area contributed by atoms with Gasteiger partial charge < -0.3 is 10.2 Å². The first-order valence-electron chi connectivity index (χ1n) is 10.7. The van der Waals surface area contributed by atoms with Gasteiger partial charge >= 0.3 is 0 Å². The van der Waals surface area contributed by atoms with Crippen molar-refractivity contribution < 1.29 is 4.79 Å². The van der Waals surface area contributed by atoms with Crippen LogP contribution in [-0.2, 0) is 11.2 Å². The number of carbonyl (C=O) groups excluding carboxylic acids is 1. The van der Waals surface area contributed by atoms with Crippen molar-refractivity contribution >= 4 is 5.91 Å². The van der Waals surface area contributed by atoms with Crippen LogP contribution in [0.1, 0.15) is 49.1 Å². The van der Waals surface area contributed by atoms with E-state index in [1.807, 2.05) is 41.9 Å². The second kappa shape index (κ2) is 8.48. The lowest BCUT2D eigenvalue weighted by Crippen LogP contribution is -2.51. The van der Waals surface area contributed by atoms with Gasteiger partial charge in [0.25, 0.3) is 0 Å². The van der Waals surface area contributed by atoms with E-state index in [1.165, 1.54) is 45.2 Å². The average molecular weight is 381 g/mol. The van der Waals surface area contributed by atoms with Gasteiger partial charge in [-0.1, -0.05) is 24.6 Å². The van der Waals surface area contributed by atoms with Crippen molar-refractivity contribution in [2.75, 3.05) is 19.6 Å². The quantitative estimate of drug-likeness (QED) is 0.865. The molecule has 2 aliphatic rings. The molecule has 1 N–H and O–H groups in total. The summed E-state index contributed by atoms with van der Waals surface area (Å²) in [6, 6.07) is 10.8. The second-order valence-corrected chi connectivity index (χ2v) is 8.38. The molecule has 0 spiro atoms. The zero-order valence-corrected chi connectivity index (χ0v) is 17.2. The minimum absolute atomic E-state index is 0.117. The Bertz CT molecular complexity index is 812. The fraction of sp³-hybridized carbons (Fsp3) is 0.565. The van der Waals surface area contributed by atoms with Crippen molar-refractivity contribution in [2.24, 2.45) is 5.92 Å². The van der Waals surface area contributed by atoms with Crippen LogP contribution in [0.3, 0.4) is 0 Å². The number of benzene rings is 1. The molecule has 0 radical (unpaired) electrons. The van der Waals surface area contributed by atoms with E-state index >= 15 is 0 Å². The van der Waals surface area contributed by atoms with Crippen molar-refractivity contribution in [3.8, 4) is 5.69 Å². The Balaban J connectivity index is 1.38. The summed E-state index contributed by atoms with van der Waals surface area (Å²) in [5.41, 5.74) is 4.07. The molecule has 5 nitrogen and oxygen atoms in total. The first-order valence-corrected chi connectivity index (χ1v) is 10.7. The van der Waals surface area contributed by atoms with Gasteiger partial charge in [-0.15, -0.1) is 0 Å². The van der Waals surface area contributed by atoms with E-state index in [0.29, 0.717) is 18.4 Å². The lowest BCUT2D eigenvalue weighted by molar-refractivity contribution is -0.120. The van der Waals surface area contributed by atoms with E-state index in [9.17, 15) is 4.79 Å². The molecule has 1 aromatic heterocycles. The Kier molecular flexibility index (Phi) is 5.81. The maximum absolute atomic E-state index is 12.7. The SMILES string of the molecule is Cc1nn(-c2ccccc2)c(C)c1CC(=O)NC[C@@H]1CCCN2CCCC[C@H]12. The summed E-state index contributed by atoms with van der Waals surface area (Å²) in [7, 11) is 0. The normalized spacial score (nSPS) is 22.6. The Hall–Kier alpha value is -2.14. The van der Waals surface area contributed by atoms with Gasteiger partial charge in [0.2, 0.25) is 5.91 Å². The molecule has 150 valence electrons. The second-order valence-electron chi connectivity index (χ2n) is 8.38. The molecular formula is C23H32N4O. The van der Waals surface area contributed by atoms with Crippen LogP contribution in [0.5, 0.6) is 0 Å². The lowest BCUT2D eigenvalue weighted by Gasteiger charge is -2.44. The summed E-state index contributed by atoms with van der Waals surface area (Å²) in [5, 5.41) is 7.90. The Labute approximate surface area is 168 Å². The van der Waals surface area contributed by atoms with Crippen LogP contribution in [0, 0.1) is 19.8 Å². The number of hydrogen-bond donors (Lipinski definition) is 1. The number of aromatic nitrogens is 2. The Morgan fingerprint density at radius 1 is 1.11 bits per heavy atom. The number of para-hydroxylation sites is 1. The van der Waals surface area contributed by atoms with Crippen LogP contribution < -0.4 is 5.32 Å². The van der Waals surface area contributed by atoms with Crippen LogP contribution in [0.25, 0.3) is 5.69 Å². The standard InChI is InChI=1S/C23H32N4O/c1-17-21(18(2)27(25-17)20-10-4-3-5-11-20)15-23(28)24-16-19-9-8-14-26-13-7-6-12-22(19)26/h3-5,10-11,19,22H,6-9,12-16H2,1-2H3,(H,24,28)/t19-,22+/m0/s1. The summed E-state index contributed by atoms with van der Waals surface area (Å²) < 4.78 is 1.94. The predicted molar refractivity (Wildman–Crippen MR) is 112 cm³/mol. The van der Waals surface area contributed by atoms with E-state index in [1.54, 1.807) is 0 Å². The topological polar surface area (TPSA) is 50.2 Å². The van der Waals surface area contributed by atoms with Gasteiger partial charge in [0.15, 0.2) is 0 Å². The molecule has 28 heavy (non-hydrogen) atoms. The summed E-state index contributed by atoms with van der Waals surface area (Å²) in [6.07, 6.45) is 6.88. The molecule has 2 atom stereocenters. The van der Waals surface area contributed by atoms with Gasteiger partial charge in [-0.05, 0) is 70.7 Å². The summed E-state index contributed by atoms with van der Waals surface area (Å²) >= 11 is 0. The molecule has 2 aliphatic heterocycles. The number of rotatable bonds is 5. The molecule has 1 aromatic carbocycles. The van der Waals surface area contributed by atoms with Crippen molar-refractivity contribution in [3.63, 3.8) is 0 Å². The molecule has 1 amide bonds. The molecule has 4 rings (SSSR count). The van der Waals surface area contributed by atoms with E-state index < -0.39 is 0 Å². The van der Waals surface area contributed by atoms with Crippen LogP contribution >= 0.6 is 0 Å². The number of piperidine rings is 2. The van der Waals surface area contributed by atoms with Gasteiger partial charge in [-0.2, -0.15) is 5.10 Å². The van der Waals surface area contributed by atoms with Crippen LogP contribution in [0.15, 0.2) is 30.3 Å². The molecular weight excluding hydrogens is 348 g/mol. The first-order chi connectivity index (χ1) is 13.6. The number of aryl methyl sites for hydroxylation is 1. The number of nitrogens with zero attached hydrogens (tertiary/aromatic N) is 3. The highest BCUT2D eigenvalue weighted by Gasteiger charge is 2.33. The lowest BCUT2D eigenvalue weighted by atomic mass is 9.83. The number of carbonyl (C=O) groups is 1. The highest BCUT2D eigenvalue weighted by Crippen LogP contribution is 2.30. The fourth-order valence-electron chi connectivity index (χ4n) is 5.03. The molecule has 0 unspecified atom stereocenters. The predicted octanol–water partition coefficient (Wildman–Crippen LogP) is 3.41. The molecule has 3 heterocycles. The van der Waals surface area contributed by atoms with E-state index in [2.05, 4.69) is 22.2 Å². The molecule has 2 saturated heterocycles. The molecule has 0 bridgehead atoms. The summed E-state index contributed by atoms with van der Waals surface area (Å²) in [4.78, 5) is 15.4. The minimum atomic E-state index is 0.117. The first kappa shape index (κ1) is 19.2. The van der Waals surface area contributed by atoms with Crippen LogP contribution in [-0.4, -0.2) is 46.3 Å². The number of amides is 1. The Morgan fingerprint density at radius 3 is 2.71 bits per heavy atom. The molecule has 0 saturated carbocycles. The largest absolute Gasteiger partial charge is 0.355 e. The van der Waals surface area contributed by atoms with Gasteiger partial charge in [0.05, 0.1) is 17.8 Å². The highest BCUT2D eigenvalue weighted by atomic mass is 16.1. The van der Waals surface area contributed by atoms with Crippen molar-refractivity contribution in [2.45, 2.75) is 58.4 Å². The smallest absolute Gasteiger partial charge is 0.224 e. The van der Waals surface area contributed by atoms with Crippen LogP contribution in [0.2, 0.25) is 0 Å². The third-order valence-electron chi connectivity index (χ3n) is 6.57. The van der Waals surface area contributed by atoms with Crippen molar-refractivity contribution in [3.05, 3.63) is 47.3 Å². The third-order valence-corrected chi connectivity index (χ3v) is 6.57. The molecule has 2 aromatic rings. The fourth-order valence-corrected chi connectivity index (χ4v) is 5.03.